The second-order valence-electron chi connectivity index (χ2n) is 4.45. The third-order valence-electron chi connectivity index (χ3n) is 3.02. The van der Waals surface area contributed by atoms with Gasteiger partial charge in [0.15, 0.2) is 0 Å². The van der Waals surface area contributed by atoms with Crippen LogP contribution >= 0.6 is 11.6 Å². The number of rotatable bonds is 4. The van der Waals surface area contributed by atoms with E-state index in [-0.39, 0.29) is 5.82 Å². The minimum Gasteiger partial charge on any atom is -0.381 e. The lowest BCUT2D eigenvalue weighted by molar-refractivity contribution is 0.613. The van der Waals surface area contributed by atoms with Gasteiger partial charge in [0, 0.05) is 22.8 Å². The zero-order chi connectivity index (χ0) is 14.7. The molecule has 0 bridgehead atoms. The van der Waals surface area contributed by atoms with Crippen LogP contribution in [0.5, 0.6) is 0 Å². The van der Waals surface area contributed by atoms with Crippen LogP contribution in [0.4, 0.5) is 10.1 Å². The first kappa shape index (κ1) is 13.6. The molecule has 3 rings (SSSR count). The molecule has 21 heavy (non-hydrogen) atoms. The highest BCUT2D eigenvalue weighted by Gasteiger charge is 2.03. The van der Waals surface area contributed by atoms with Crippen molar-refractivity contribution in [2.24, 2.45) is 0 Å². The molecule has 0 radical (unpaired) electrons. The van der Waals surface area contributed by atoms with Gasteiger partial charge in [0.25, 0.3) is 0 Å². The number of hydrogen-bond acceptors (Lipinski definition) is 3. The maximum Gasteiger partial charge on any atom is 0.129 e. The zero-order valence-corrected chi connectivity index (χ0v) is 11.8. The van der Waals surface area contributed by atoms with Crippen LogP contribution in [0.1, 0.15) is 5.56 Å². The van der Waals surface area contributed by atoms with Crippen molar-refractivity contribution in [2.75, 3.05) is 5.32 Å². The average molecular weight is 303 g/mol. The summed E-state index contributed by atoms with van der Waals surface area (Å²) < 4.78 is 13.7. The number of anilines is 1. The van der Waals surface area contributed by atoms with Gasteiger partial charge in [-0.3, -0.25) is 0 Å². The van der Waals surface area contributed by atoms with Crippen LogP contribution in [0, 0.1) is 5.82 Å². The van der Waals surface area contributed by atoms with Gasteiger partial charge in [-0.1, -0.05) is 17.7 Å². The predicted molar refractivity (Wildman–Crippen MR) is 80.1 cm³/mol. The van der Waals surface area contributed by atoms with E-state index < -0.39 is 0 Å². The third-order valence-corrected chi connectivity index (χ3v) is 3.25. The molecule has 2 aromatic carbocycles. The minimum atomic E-state index is -0.313. The molecular weight excluding hydrogens is 291 g/mol. The Hall–Kier alpha value is -2.40. The van der Waals surface area contributed by atoms with Gasteiger partial charge in [-0.15, -0.1) is 0 Å². The number of hydrogen-bond donors (Lipinski definition) is 1. The number of aromatic nitrogens is 3. The second-order valence-corrected chi connectivity index (χ2v) is 4.89. The summed E-state index contributed by atoms with van der Waals surface area (Å²) >= 11 is 5.73. The van der Waals surface area contributed by atoms with Crippen LogP contribution in [-0.4, -0.2) is 15.0 Å². The van der Waals surface area contributed by atoms with Gasteiger partial charge in [0.05, 0.1) is 18.1 Å². The van der Waals surface area contributed by atoms with Gasteiger partial charge < -0.3 is 5.32 Å². The quantitative estimate of drug-likeness (QED) is 0.799. The maximum absolute atomic E-state index is 13.7. The second kappa shape index (κ2) is 5.93. The van der Waals surface area contributed by atoms with Crippen molar-refractivity contribution < 1.29 is 4.39 Å². The molecule has 0 saturated carbocycles. The van der Waals surface area contributed by atoms with Gasteiger partial charge in [-0.2, -0.15) is 15.0 Å². The molecule has 0 saturated heterocycles. The fourth-order valence-corrected chi connectivity index (χ4v) is 2.08. The van der Waals surface area contributed by atoms with Gasteiger partial charge in [0.1, 0.15) is 5.82 Å². The fraction of sp³-hybridized carbons (Fsp3) is 0.0667. The van der Waals surface area contributed by atoms with Crippen molar-refractivity contribution in [3.63, 3.8) is 0 Å². The van der Waals surface area contributed by atoms with E-state index >= 15 is 0 Å². The SMILES string of the molecule is Fc1cc(Cl)ccc1CNc1ccc(-n2nccn2)cc1. The van der Waals surface area contributed by atoms with Crippen molar-refractivity contribution in [3.8, 4) is 5.69 Å². The number of benzene rings is 2. The summed E-state index contributed by atoms with van der Waals surface area (Å²) in [4.78, 5) is 1.53. The molecule has 0 aliphatic rings. The van der Waals surface area contributed by atoms with Gasteiger partial charge in [-0.25, -0.2) is 4.39 Å². The van der Waals surface area contributed by atoms with E-state index in [1.54, 1.807) is 24.5 Å². The standard InChI is InChI=1S/C15H12ClFN4/c16-12-2-1-11(15(17)9-12)10-18-13-3-5-14(6-4-13)21-19-7-8-20-21/h1-9,18H,10H2. The topological polar surface area (TPSA) is 42.7 Å². The summed E-state index contributed by atoms with van der Waals surface area (Å²) in [7, 11) is 0. The first-order valence-electron chi connectivity index (χ1n) is 6.37. The normalized spacial score (nSPS) is 10.6. The monoisotopic (exact) mass is 302 g/mol. The first-order valence-corrected chi connectivity index (χ1v) is 6.75. The lowest BCUT2D eigenvalue weighted by atomic mass is 10.2. The number of nitrogens with one attached hydrogen (secondary N) is 1. The van der Waals surface area contributed by atoms with Gasteiger partial charge in [-0.05, 0) is 36.4 Å². The Morgan fingerprint density at radius 2 is 1.76 bits per heavy atom. The number of halogens is 2. The Kier molecular flexibility index (Phi) is 3.83. The molecule has 0 spiro atoms. The fourth-order valence-electron chi connectivity index (χ4n) is 1.92. The summed E-state index contributed by atoms with van der Waals surface area (Å²) in [6.07, 6.45) is 3.24. The van der Waals surface area contributed by atoms with E-state index in [1.165, 1.54) is 10.9 Å². The highest BCUT2D eigenvalue weighted by molar-refractivity contribution is 6.30. The van der Waals surface area contributed by atoms with Crippen LogP contribution in [-0.2, 0) is 6.54 Å². The molecule has 3 aromatic rings. The first-order chi connectivity index (χ1) is 10.2. The molecule has 0 fully saturated rings. The van der Waals surface area contributed by atoms with Crippen LogP contribution in [0.15, 0.2) is 54.9 Å². The van der Waals surface area contributed by atoms with Crippen LogP contribution < -0.4 is 5.32 Å². The van der Waals surface area contributed by atoms with E-state index in [0.717, 1.165) is 11.4 Å². The summed E-state index contributed by atoms with van der Waals surface area (Å²) in [5.41, 5.74) is 2.32. The Morgan fingerprint density at radius 1 is 1.05 bits per heavy atom. The van der Waals surface area contributed by atoms with Gasteiger partial charge in [0.2, 0.25) is 0 Å². The molecule has 4 nitrogen and oxygen atoms in total. The summed E-state index contributed by atoms with van der Waals surface area (Å²) in [5.74, 6) is -0.313. The van der Waals surface area contributed by atoms with Crippen molar-refractivity contribution in [2.45, 2.75) is 6.54 Å². The molecule has 1 heterocycles. The Bertz CT molecular complexity index is 726. The molecule has 0 unspecified atom stereocenters. The molecule has 1 aromatic heterocycles. The van der Waals surface area contributed by atoms with Crippen molar-refractivity contribution >= 4 is 17.3 Å². The van der Waals surface area contributed by atoms with Crippen LogP contribution in [0.3, 0.4) is 0 Å². The Labute approximate surface area is 126 Å². The van der Waals surface area contributed by atoms with Crippen molar-refractivity contribution in [1.82, 2.24) is 15.0 Å². The molecule has 0 aliphatic carbocycles. The van der Waals surface area contributed by atoms with E-state index in [2.05, 4.69) is 15.5 Å². The van der Waals surface area contributed by atoms with Gasteiger partial charge >= 0.3 is 0 Å². The predicted octanol–water partition coefficient (Wildman–Crippen LogP) is 3.67. The average Bonchev–Trinajstić information content (AvgIpc) is 3.01. The highest BCUT2D eigenvalue weighted by atomic mass is 35.5. The summed E-state index contributed by atoms with van der Waals surface area (Å²) in [6, 6.07) is 12.2. The molecule has 0 atom stereocenters. The summed E-state index contributed by atoms with van der Waals surface area (Å²) in [5, 5.41) is 11.7. The van der Waals surface area contributed by atoms with E-state index in [1.807, 2.05) is 24.3 Å². The van der Waals surface area contributed by atoms with Crippen molar-refractivity contribution in [1.29, 1.82) is 0 Å². The Morgan fingerprint density at radius 3 is 2.43 bits per heavy atom. The Balaban J connectivity index is 1.68. The third kappa shape index (κ3) is 3.20. The molecule has 106 valence electrons. The lowest BCUT2D eigenvalue weighted by Crippen LogP contribution is -2.02. The van der Waals surface area contributed by atoms with Crippen LogP contribution in [0.25, 0.3) is 5.69 Å². The molecular formula is C15H12ClFN4. The van der Waals surface area contributed by atoms with E-state index in [0.29, 0.717) is 17.1 Å². The summed E-state index contributed by atoms with van der Waals surface area (Å²) in [6.45, 7) is 0.391. The number of nitrogens with zero attached hydrogens (tertiary/aromatic N) is 3. The minimum absolute atomic E-state index is 0.313. The lowest BCUT2D eigenvalue weighted by Gasteiger charge is -2.08. The van der Waals surface area contributed by atoms with E-state index in [9.17, 15) is 4.39 Å². The smallest absolute Gasteiger partial charge is 0.129 e. The highest BCUT2D eigenvalue weighted by Crippen LogP contribution is 2.17. The molecule has 6 heteroatoms. The molecule has 1 N–H and O–H groups in total. The molecule has 0 aliphatic heterocycles. The maximum atomic E-state index is 13.7. The van der Waals surface area contributed by atoms with Crippen LogP contribution in [0.2, 0.25) is 5.02 Å². The zero-order valence-electron chi connectivity index (χ0n) is 11.0. The molecule has 0 amide bonds. The largest absolute Gasteiger partial charge is 0.381 e. The van der Waals surface area contributed by atoms with Crippen molar-refractivity contribution in [3.05, 3.63) is 71.3 Å². The van der Waals surface area contributed by atoms with E-state index in [4.69, 9.17) is 11.6 Å².